The molecule has 2 amide bonds. The molecule has 1 unspecified atom stereocenters. The second kappa shape index (κ2) is 9.13. The number of nitrogens with zero attached hydrogens (tertiary/aromatic N) is 2. The fraction of sp³-hybridized carbons (Fsp3) is 0.421. The molecule has 0 bridgehead atoms. The Bertz CT molecular complexity index is 684. The molecule has 1 heterocycles. The van der Waals surface area contributed by atoms with E-state index in [-0.39, 0.29) is 18.5 Å². The van der Waals surface area contributed by atoms with E-state index in [1.807, 2.05) is 39.0 Å². The number of rotatable bonds is 7. The predicted octanol–water partition coefficient (Wildman–Crippen LogP) is 3.37. The molecule has 1 aromatic heterocycles. The number of hydrogen-bond acceptors (Lipinski definition) is 4. The number of carbonyl (C=O) groups is 1. The molecule has 0 fully saturated rings. The summed E-state index contributed by atoms with van der Waals surface area (Å²) in [4.78, 5) is 20.6. The van der Waals surface area contributed by atoms with Crippen molar-refractivity contribution in [2.75, 3.05) is 11.9 Å². The first-order valence-corrected chi connectivity index (χ1v) is 8.66. The van der Waals surface area contributed by atoms with Gasteiger partial charge >= 0.3 is 6.03 Å². The molecule has 2 rings (SSSR count). The minimum atomic E-state index is -0.526. The van der Waals surface area contributed by atoms with Crippen LogP contribution in [0.25, 0.3) is 11.4 Å². The Balaban J connectivity index is 1.89. The van der Waals surface area contributed by atoms with Gasteiger partial charge in [-0.15, -0.1) is 0 Å². The van der Waals surface area contributed by atoms with Crippen LogP contribution in [0.5, 0.6) is 0 Å². The van der Waals surface area contributed by atoms with Gasteiger partial charge in [-0.05, 0) is 43.2 Å². The third-order valence-electron chi connectivity index (χ3n) is 4.26. The van der Waals surface area contributed by atoms with Crippen molar-refractivity contribution in [1.29, 1.82) is 0 Å². The highest BCUT2D eigenvalue weighted by Gasteiger charge is 2.16. The third kappa shape index (κ3) is 5.53. The van der Waals surface area contributed by atoms with Crippen LogP contribution < -0.4 is 10.6 Å². The quantitative estimate of drug-likeness (QED) is 0.720. The van der Waals surface area contributed by atoms with E-state index in [0.29, 0.717) is 11.5 Å². The summed E-state index contributed by atoms with van der Waals surface area (Å²) < 4.78 is 0. The second-order valence-electron chi connectivity index (χ2n) is 6.08. The number of amides is 2. The SMILES string of the molecule is CCC(CC)C(O)CNC(=O)Nc1ccc(-c2nccc(C)n2)cc1. The minimum Gasteiger partial charge on any atom is -0.391 e. The van der Waals surface area contributed by atoms with Crippen LogP contribution in [-0.2, 0) is 0 Å². The number of nitrogens with one attached hydrogen (secondary N) is 2. The predicted molar refractivity (Wildman–Crippen MR) is 99.3 cm³/mol. The van der Waals surface area contributed by atoms with E-state index < -0.39 is 6.10 Å². The molecule has 0 saturated carbocycles. The van der Waals surface area contributed by atoms with Crippen molar-refractivity contribution in [3.63, 3.8) is 0 Å². The van der Waals surface area contributed by atoms with E-state index in [9.17, 15) is 9.90 Å². The van der Waals surface area contributed by atoms with Gasteiger partial charge in [-0.2, -0.15) is 0 Å². The molecule has 0 aliphatic carbocycles. The van der Waals surface area contributed by atoms with Gasteiger partial charge in [0.2, 0.25) is 0 Å². The lowest BCUT2D eigenvalue weighted by atomic mass is 9.97. The molecule has 0 spiro atoms. The number of hydrogen-bond donors (Lipinski definition) is 3. The van der Waals surface area contributed by atoms with Crippen molar-refractivity contribution in [3.8, 4) is 11.4 Å². The van der Waals surface area contributed by atoms with Gasteiger partial charge in [0.25, 0.3) is 0 Å². The Morgan fingerprint density at radius 3 is 2.44 bits per heavy atom. The van der Waals surface area contributed by atoms with Gasteiger partial charge in [0.15, 0.2) is 5.82 Å². The number of aliphatic hydroxyl groups is 1. The van der Waals surface area contributed by atoms with Gasteiger partial charge in [-0.1, -0.05) is 26.7 Å². The first-order chi connectivity index (χ1) is 12.0. The minimum absolute atomic E-state index is 0.203. The summed E-state index contributed by atoms with van der Waals surface area (Å²) in [5, 5.41) is 15.5. The van der Waals surface area contributed by atoms with Crippen molar-refractivity contribution in [1.82, 2.24) is 15.3 Å². The van der Waals surface area contributed by atoms with E-state index >= 15 is 0 Å². The Hall–Kier alpha value is -2.47. The highest BCUT2D eigenvalue weighted by Crippen LogP contribution is 2.18. The Morgan fingerprint density at radius 1 is 1.16 bits per heavy atom. The lowest BCUT2D eigenvalue weighted by Crippen LogP contribution is -2.38. The monoisotopic (exact) mass is 342 g/mol. The molecular weight excluding hydrogens is 316 g/mol. The zero-order valence-electron chi connectivity index (χ0n) is 15.0. The fourth-order valence-corrected chi connectivity index (χ4v) is 2.66. The van der Waals surface area contributed by atoms with Crippen LogP contribution in [0.15, 0.2) is 36.5 Å². The molecule has 0 saturated heterocycles. The molecule has 1 aromatic carbocycles. The number of aliphatic hydroxyl groups excluding tert-OH is 1. The van der Waals surface area contributed by atoms with Gasteiger partial charge in [0.1, 0.15) is 0 Å². The van der Waals surface area contributed by atoms with Crippen LogP contribution in [0, 0.1) is 12.8 Å². The van der Waals surface area contributed by atoms with Gasteiger partial charge in [-0.3, -0.25) is 0 Å². The molecule has 0 radical (unpaired) electrons. The number of benzene rings is 1. The van der Waals surface area contributed by atoms with Crippen LogP contribution in [0.2, 0.25) is 0 Å². The van der Waals surface area contributed by atoms with Gasteiger partial charge in [-0.25, -0.2) is 14.8 Å². The number of aromatic nitrogens is 2. The first-order valence-electron chi connectivity index (χ1n) is 8.66. The van der Waals surface area contributed by atoms with Crippen LogP contribution in [0.1, 0.15) is 32.4 Å². The Morgan fingerprint density at radius 2 is 1.84 bits per heavy atom. The van der Waals surface area contributed by atoms with Gasteiger partial charge < -0.3 is 15.7 Å². The number of anilines is 1. The van der Waals surface area contributed by atoms with Crippen molar-refractivity contribution >= 4 is 11.7 Å². The molecule has 25 heavy (non-hydrogen) atoms. The third-order valence-corrected chi connectivity index (χ3v) is 4.26. The summed E-state index contributed by atoms with van der Waals surface area (Å²) in [7, 11) is 0. The maximum Gasteiger partial charge on any atom is 0.319 e. The smallest absolute Gasteiger partial charge is 0.319 e. The van der Waals surface area contributed by atoms with Crippen LogP contribution in [-0.4, -0.2) is 33.8 Å². The molecule has 0 aliphatic rings. The van der Waals surface area contributed by atoms with Crippen molar-refractivity contribution in [2.45, 2.75) is 39.7 Å². The molecule has 134 valence electrons. The Labute approximate surface area is 148 Å². The maximum absolute atomic E-state index is 12.0. The average molecular weight is 342 g/mol. The van der Waals surface area contributed by atoms with E-state index in [4.69, 9.17) is 0 Å². The molecular formula is C19H26N4O2. The van der Waals surface area contributed by atoms with E-state index in [0.717, 1.165) is 24.1 Å². The fourth-order valence-electron chi connectivity index (χ4n) is 2.66. The maximum atomic E-state index is 12.0. The number of aryl methyl sites for hydroxylation is 1. The lowest BCUT2D eigenvalue weighted by molar-refractivity contribution is 0.104. The summed E-state index contributed by atoms with van der Waals surface area (Å²) in [6.07, 6.45) is 2.98. The van der Waals surface area contributed by atoms with Gasteiger partial charge in [0.05, 0.1) is 6.10 Å². The van der Waals surface area contributed by atoms with Crippen LogP contribution >= 0.6 is 0 Å². The summed E-state index contributed by atoms with van der Waals surface area (Å²) >= 11 is 0. The van der Waals surface area contributed by atoms with E-state index in [1.54, 1.807) is 18.3 Å². The highest BCUT2D eigenvalue weighted by atomic mass is 16.3. The zero-order chi connectivity index (χ0) is 18.2. The Kier molecular flexibility index (Phi) is 6.89. The molecule has 0 aliphatic heterocycles. The standard InChI is InChI=1S/C19H26N4O2/c1-4-14(5-2)17(24)12-21-19(25)23-16-8-6-15(7-9-16)18-20-11-10-13(3)22-18/h6-11,14,17,24H,4-5,12H2,1-3H3,(H2,21,23,25). The highest BCUT2D eigenvalue weighted by molar-refractivity contribution is 5.89. The molecule has 1 atom stereocenters. The molecule has 2 aromatic rings. The number of carbonyl (C=O) groups excluding carboxylic acids is 1. The van der Waals surface area contributed by atoms with Crippen molar-refractivity contribution in [2.24, 2.45) is 5.92 Å². The van der Waals surface area contributed by atoms with Crippen molar-refractivity contribution < 1.29 is 9.90 Å². The summed E-state index contributed by atoms with van der Waals surface area (Å²) in [5.74, 6) is 0.859. The average Bonchev–Trinajstić information content (AvgIpc) is 2.61. The van der Waals surface area contributed by atoms with Crippen molar-refractivity contribution in [3.05, 3.63) is 42.2 Å². The van der Waals surface area contributed by atoms with E-state index in [1.165, 1.54) is 0 Å². The first kappa shape index (κ1) is 18.9. The molecule has 3 N–H and O–H groups in total. The molecule has 6 nitrogen and oxygen atoms in total. The zero-order valence-corrected chi connectivity index (χ0v) is 15.0. The van der Waals surface area contributed by atoms with Crippen LogP contribution in [0.3, 0.4) is 0 Å². The largest absolute Gasteiger partial charge is 0.391 e. The van der Waals surface area contributed by atoms with E-state index in [2.05, 4.69) is 20.6 Å². The summed E-state index contributed by atoms with van der Waals surface area (Å²) in [6.45, 7) is 6.24. The van der Waals surface area contributed by atoms with Crippen LogP contribution in [0.4, 0.5) is 10.5 Å². The summed E-state index contributed by atoms with van der Waals surface area (Å²) in [6, 6.07) is 8.85. The number of urea groups is 1. The summed E-state index contributed by atoms with van der Waals surface area (Å²) in [5.41, 5.74) is 2.47. The topological polar surface area (TPSA) is 87.1 Å². The van der Waals surface area contributed by atoms with Gasteiger partial charge in [0, 0.05) is 29.7 Å². The molecule has 6 heteroatoms. The normalized spacial score (nSPS) is 12.0. The lowest BCUT2D eigenvalue weighted by Gasteiger charge is -2.20. The second-order valence-corrected chi connectivity index (χ2v) is 6.08.